The van der Waals surface area contributed by atoms with Crippen LogP contribution in [0, 0.1) is 10.1 Å². The number of carbonyl (C=O) groups excluding carboxylic acids is 2. The zero-order valence-corrected chi connectivity index (χ0v) is 11.9. The molecule has 1 heterocycles. The first-order valence-electron chi connectivity index (χ1n) is 6.26. The highest BCUT2D eigenvalue weighted by atomic mass is 16.6. The lowest BCUT2D eigenvalue weighted by Gasteiger charge is -2.07. The number of benzene rings is 1. The maximum absolute atomic E-state index is 11.7. The highest BCUT2D eigenvalue weighted by molar-refractivity contribution is 5.92. The van der Waals surface area contributed by atoms with Gasteiger partial charge in [-0.3, -0.25) is 20.4 Å². The number of hydrogen-bond acceptors (Lipinski definition) is 7. The number of hydrogen-bond donors (Lipinski definition) is 1. The van der Waals surface area contributed by atoms with Crippen molar-refractivity contribution in [3.63, 3.8) is 0 Å². The Kier molecular flexibility index (Phi) is 4.82. The summed E-state index contributed by atoms with van der Waals surface area (Å²) in [5, 5.41) is 12.9. The van der Waals surface area contributed by atoms with Crippen LogP contribution >= 0.6 is 0 Å². The maximum Gasteiger partial charge on any atom is 0.417 e. The van der Waals surface area contributed by atoms with E-state index in [1.165, 1.54) is 49.8 Å². The first kappa shape index (κ1) is 15.9. The van der Waals surface area contributed by atoms with E-state index < -0.39 is 17.0 Å². The number of nitro benzene ring substituents is 1. The number of nitro groups is 1. The summed E-state index contributed by atoms with van der Waals surface area (Å²) in [6.07, 6.45) is 1.78. The van der Waals surface area contributed by atoms with Crippen LogP contribution in [0.5, 0.6) is 5.75 Å². The van der Waals surface area contributed by atoms with Crippen LogP contribution in [0.2, 0.25) is 0 Å². The second-order valence-corrected chi connectivity index (χ2v) is 4.22. The summed E-state index contributed by atoms with van der Waals surface area (Å²) >= 11 is 0. The third-order valence-corrected chi connectivity index (χ3v) is 2.66. The van der Waals surface area contributed by atoms with Crippen molar-refractivity contribution in [2.24, 2.45) is 0 Å². The lowest BCUT2D eigenvalue weighted by Crippen LogP contribution is -2.17. The number of nitrogens with zero attached hydrogens (tertiary/aromatic N) is 2. The Morgan fingerprint density at radius 2 is 1.91 bits per heavy atom. The van der Waals surface area contributed by atoms with Crippen molar-refractivity contribution in [3.8, 4) is 5.75 Å². The van der Waals surface area contributed by atoms with Crippen molar-refractivity contribution in [1.29, 1.82) is 0 Å². The van der Waals surface area contributed by atoms with E-state index in [1.807, 2.05) is 0 Å². The quantitative estimate of drug-likeness (QED) is 0.522. The summed E-state index contributed by atoms with van der Waals surface area (Å²) < 4.78 is 9.51. The van der Waals surface area contributed by atoms with Gasteiger partial charge in [-0.05, 0) is 18.2 Å². The van der Waals surface area contributed by atoms with Crippen molar-refractivity contribution >= 4 is 23.4 Å². The number of anilines is 1. The van der Waals surface area contributed by atoms with Crippen molar-refractivity contribution < 1.29 is 24.0 Å². The van der Waals surface area contributed by atoms with Gasteiger partial charge in [-0.2, -0.15) is 0 Å². The molecular formula is C14H11N3O6. The molecule has 0 saturated heterocycles. The highest BCUT2D eigenvalue weighted by Gasteiger charge is 2.11. The van der Waals surface area contributed by atoms with Gasteiger partial charge in [0.2, 0.25) is 0 Å². The van der Waals surface area contributed by atoms with Crippen molar-refractivity contribution in [2.75, 3.05) is 12.4 Å². The molecule has 0 fully saturated rings. The molecule has 0 radical (unpaired) electrons. The van der Waals surface area contributed by atoms with Crippen LogP contribution in [0.4, 0.5) is 16.2 Å². The Morgan fingerprint density at radius 1 is 1.22 bits per heavy atom. The third-order valence-electron chi connectivity index (χ3n) is 2.66. The number of pyridine rings is 1. The topological polar surface area (TPSA) is 121 Å². The number of carbonyl (C=O) groups is 2. The van der Waals surface area contributed by atoms with Crippen molar-refractivity contribution in [2.45, 2.75) is 0 Å². The molecule has 23 heavy (non-hydrogen) atoms. The van der Waals surface area contributed by atoms with Gasteiger partial charge in [0.25, 0.3) is 5.69 Å². The molecule has 0 aliphatic heterocycles. The van der Waals surface area contributed by atoms with Gasteiger partial charge in [-0.1, -0.05) is 0 Å². The normalized spacial score (nSPS) is 9.78. The number of nitrogens with one attached hydrogen (secondary N) is 1. The zero-order valence-electron chi connectivity index (χ0n) is 11.9. The van der Waals surface area contributed by atoms with Crippen molar-refractivity contribution in [1.82, 2.24) is 4.98 Å². The summed E-state index contributed by atoms with van der Waals surface area (Å²) in [6.45, 7) is 0. The Hall–Kier alpha value is -3.49. The lowest BCUT2D eigenvalue weighted by atomic mass is 10.2. The number of aromatic nitrogens is 1. The van der Waals surface area contributed by atoms with Crippen LogP contribution in [0.1, 0.15) is 10.4 Å². The smallest absolute Gasteiger partial charge is 0.417 e. The van der Waals surface area contributed by atoms with E-state index in [9.17, 15) is 19.7 Å². The van der Waals surface area contributed by atoms with Gasteiger partial charge in [0.05, 0.1) is 29.5 Å². The molecule has 2 aromatic rings. The fourth-order valence-electron chi connectivity index (χ4n) is 1.62. The molecule has 118 valence electrons. The van der Waals surface area contributed by atoms with E-state index in [2.05, 4.69) is 15.0 Å². The van der Waals surface area contributed by atoms with E-state index in [4.69, 9.17) is 4.74 Å². The summed E-state index contributed by atoms with van der Waals surface area (Å²) in [5.41, 5.74) is 0.285. The maximum atomic E-state index is 11.7. The first-order valence-corrected chi connectivity index (χ1v) is 6.26. The second-order valence-electron chi connectivity index (χ2n) is 4.22. The van der Waals surface area contributed by atoms with Gasteiger partial charge in [0.1, 0.15) is 5.75 Å². The van der Waals surface area contributed by atoms with E-state index in [-0.39, 0.29) is 22.7 Å². The van der Waals surface area contributed by atoms with Crippen LogP contribution < -0.4 is 10.1 Å². The third kappa shape index (κ3) is 4.24. The summed E-state index contributed by atoms with van der Waals surface area (Å²) in [7, 11) is 1.23. The van der Waals surface area contributed by atoms with E-state index in [1.54, 1.807) is 0 Å². The molecule has 0 spiro atoms. The van der Waals surface area contributed by atoms with Crippen LogP contribution in [0.25, 0.3) is 0 Å². The van der Waals surface area contributed by atoms with Gasteiger partial charge in [-0.15, -0.1) is 0 Å². The number of esters is 1. The molecule has 0 aliphatic carbocycles. The van der Waals surface area contributed by atoms with Crippen LogP contribution in [0.15, 0.2) is 42.7 Å². The van der Waals surface area contributed by atoms with E-state index in [0.29, 0.717) is 0 Å². The van der Waals surface area contributed by atoms with Gasteiger partial charge in [0, 0.05) is 18.3 Å². The number of rotatable bonds is 4. The standard InChI is InChI=1S/C14H11N3O6/c1-22-13(18)9-6-10(8-15-7-9)16-14(19)23-12-4-2-11(3-5-12)17(20)21/h2-8H,1H3,(H,16,19). The van der Waals surface area contributed by atoms with Crippen LogP contribution in [-0.2, 0) is 4.74 Å². The van der Waals surface area contributed by atoms with E-state index >= 15 is 0 Å². The largest absolute Gasteiger partial charge is 0.465 e. The molecule has 0 unspecified atom stereocenters. The number of non-ortho nitro benzene ring substituents is 1. The summed E-state index contributed by atoms with van der Waals surface area (Å²) in [5.74, 6) is -0.463. The average molecular weight is 317 g/mol. The molecule has 2 rings (SSSR count). The molecule has 1 aromatic heterocycles. The van der Waals surface area contributed by atoms with Crippen LogP contribution in [0.3, 0.4) is 0 Å². The Bertz CT molecular complexity index is 744. The van der Waals surface area contributed by atoms with Gasteiger partial charge < -0.3 is 9.47 Å². The predicted molar refractivity (Wildman–Crippen MR) is 78.3 cm³/mol. The molecule has 1 N–H and O–H groups in total. The van der Waals surface area contributed by atoms with Gasteiger partial charge in [-0.25, -0.2) is 9.59 Å². The minimum absolute atomic E-state index is 0.118. The monoisotopic (exact) mass is 317 g/mol. The Morgan fingerprint density at radius 3 is 2.52 bits per heavy atom. The average Bonchev–Trinajstić information content (AvgIpc) is 2.54. The molecule has 0 bridgehead atoms. The van der Waals surface area contributed by atoms with Crippen LogP contribution in [-0.4, -0.2) is 29.1 Å². The molecule has 9 nitrogen and oxygen atoms in total. The Labute approximate surface area is 130 Å². The molecular weight excluding hydrogens is 306 g/mol. The molecule has 1 aromatic carbocycles. The minimum Gasteiger partial charge on any atom is -0.465 e. The highest BCUT2D eigenvalue weighted by Crippen LogP contribution is 2.18. The Balaban J connectivity index is 2.02. The lowest BCUT2D eigenvalue weighted by molar-refractivity contribution is -0.384. The van der Waals surface area contributed by atoms with Gasteiger partial charge >= 0.3 is 12.1 Å². The minimum atomic E-state index is -0.831. The number of methoxy groups -OCH3 is 1. The summed E-state index contributed by atoms with van der Waals surface area (Å²) in [4.78, 5) is 36.9. The SMILES string of the molecule is COC(=O)c1cncc(NC(=O)Oc2ccc([N+](=O)[O-])cc2)c1. The fourth-order valence-corrected chi connectivity index (χ4v) is 1.62. The second kappa shape index (κ2) is 6.98. The molecule has 1 amide bonds. The molecule has 9 heteroatoms. The molecule has 0 aliphatic rings. The fraction of sp³-hybridized carbons (Fsp3) is 0.0714. The predicted octanol–water partition coefficient (Wildman–Crippen LogP) is 2.39. The summed E-state index contributed by atoms with van der Waals surface area (Å²) in [6, 6.07) is 6.38. The van der Waals surface area contributed by atoms with E-state index in [0.717, 1.165) is 0 Å². The first-order chi connectivity index (χ1) is 11.0. The zero-order chi connectivity index (χ0) is 16.8. The molecule has 0 saturated carbocycles. The number of amides is 1. The van der Waals surface area contributed by atoms with Crippen molar-refractivity contribution in [3.05, 3.63) is 58.4 Å². The van der Waals surface area contributed by atoms with Gasteiger partial charge in [0.15, 0.2) is 0 Å². The molecule has 0 atom stereocenters. The number of ether oxygens (including phenoxy) is 2.